The van der Waals surface area contributed by atoms with Crippen molar-refractivity contribution >= 4 is 11.8 Å². The molecule has 0 aromatic heterocycles. The maximum atomic E-state index is 12.6. The van der Waals surface area contributed by atoms with Gasteiger partial charge in [0.05, 0.1) is 0 Å². The summed E-state index contributed by atoms with van der Waals surface area (Å²) in [6, 6.07) is 0. The number of rotatable bonds is 2. The fourth-order valence-electron chi connectivity index (χ4n) is 8.04. The molecule has 6 atom stereocenters. The van der Waals surface area contributed by atoms with Crippen LogP contribution in [0.15, 0.2) is 0 Å². The van der Waals surface area contributed by atoms with E-state index in [9.17, 15) is 14.7 Å². The number of carbonyl (C=O) groups excluding carboxylic acids is 2. The van der Waals surface area contributed by atoms with Gasteiger partial charge in [-0.05, 0) is 73.5 Å². The van der Waals surface area contributed by atoms with Crippen molar-refractivity contribution in [1.29, 1.82) is 0 Å². The minimum absolute atomic E-state index is 0.144. The number of hydrogen-bond donors (Lipinski definition) is 1. The molecule has 0 unspecified atom stereocenters. The Labute approximate surface area is 157 Å². The number of esters is 1. The van der Waals surface area contributed by atoms with Gasteiger partial charge in [0.15, 0.2) is 0 Å². The quantitative estimate of drug-likeness (QED) is 0.757. The third-order valence-electron chi connectivity index (χ3n) is 9.14. The molecule has 1 N–H and O–H groups in total. The summed E-state index contributed by atoms with van der Waals surface area (Å²) in [7, 11) is 0. The van der Waals surface area contributed by atoms with Gasteiger partial charge in [-0.25, -0.2) is 0 Å². The predicted molar refractivity (Wildman–Crippen MR) is 98.3 cm³/mol. The van der Waals surface area contributed by atoms with Gasteiger partial charge < -0.3 is 9.84 Å². The zero-order valence-electron chi connectivity index (χ0n) is 16.8. The van der Waals surface area contributed by atoms with E-state index >= 15 is 0 Å². The lowest BCUT2D eigenvalue weighted by Crippen LogP contribution is -2.58. The molecule has 4 aliphatic carbocycles. The molecule has 0 aliphatic heterocycles. The van der Waals surface area contributed by atoms with Gasteiger partial charge in [0.1, 0.15) is 18.0 Å². The second-order valence-corrected chi connectivity index (χ2v) is 10.7. The van der Waals surface area contributed by atoms with Gasteiger partial charge in [0.2, 0.25) is 0 Å². The van der Waals surface area contributed by atoms with Gasteiger partial charge in [0.25, 0.3) is 0 Å². The molecule has 26 heavy (non-hydrogen) atoms. The van der Waals surface area contributed by atoms with Crippen molar-refractivity contribution in [3.8, 4) is 0 Å². The fraction of sp³-hybridized carbons (Fsp3) is 0.909. The van der Waals surface area contributed by atoms with Crippen LogP contribution in [0.1, 0.15) is 79.1 Å². The summed E-state index contributed by atoms with van der Waals surface area (Å²) in [5.41, 5.74) is -0.728. The highest BCUT2D eigenvalue weighted by atomic mass is 16.5. The lowest BCUT2D eigenvalue weighted by molar-refractivity contribution is -0.165. The Kier molecular flexibility index (Phi) is 3.95. The second kappa shape index (κ2) is 5.56. The molecular weight excluding hydrogens is 328 g/mol. The Hall–Kier alpha value is -0.900. The summed E-state index contributed by atoms with van der Waals surface area (Å²) in [4.78, 5) is 23.9. The monoisotopic (exact) mass is 362 g/mol. The van der Waals surface area contributed by atoms with Crippen molar-refractivity contribution in [3.05, 3.63) is 0 Å². The molecule has 4 aliphatic rings. The highest BCUT2D eigenvalue weighted by molar-refractivity contribution is 5.85. The van der Waals surface area contributed by atoms with Crippen molar-refractivity contribution in [2.75, 3.05) is 6.61 Å². The van der Waals surface area contributed by atoms with Crippen LogP contribution in [0, 0.1) is 34.0 Å². The van der Waals surface area contributed by atoms with Crippen LogP contribution in [-0.4, -0.2) is 29.1 Å². The highest BCUT2D eigenvalue weighted by Gasteiger charge is 2.68. The summed E-state index contributed by atoms with van der Waals surface area (Å²) in [5.74, 6) is 1.39. The van der Waals surface area contributed by atoms with E-state index in [-0.39, 0.29) is 34.7 Å². The topological polar surface area (TPSA) is 63.6 Å². The van der Waals surface area contributed by atoms with E-state index < -0.39 is 5.60 Å². The highest BCUT2D eigenvalue weighted by Crippen LogP contribution is 2.72. The molecule has 0 aromatic rings. The molecule has 0 radical (unpaired) electrons. The molecule has 4 rings (SSSR count). The van der Waals surface area contributed by atoms with Crippen LogP contribution in [0.3, 0.4) is 0 Å². The Morgan fingerprint density at radius 2 is 1.88 bits per heavy atom. The number of hydrogen-bond acceptors (Lipinski definition) is 4. The summed E-state index contributed by atoms with van der Waals surface area (Å²) in [5, 5.41) is 11.3. The van der Waals surface area contributed by atoms with Gasteiger partial charge in [-0.1, -0.05) is 20.8 Å². The normalized spacial score (nSPS) is 49.3. The van der Waals surface area contributed by atoms with Gasteiger partial charge in [0, 0.05) is 18.8 Å². The molecule has 2 bridgehead atoms. The fourth-order valence-corrected chi connectivity index (χ4v) is 8.04. The summed E-state index contributed by atoms with van der Waals surface area (Å²) >= 11 is 0. The average molecular weight is 363 g/mol. The molecule has 4 heteroatoms. The van der Waals surface area contributed by atoms with E-state index in [1.165, 1.54) is 6.92 Å². The van der Waals surface area contributed by atoms with Crippen molar-refractivity contribution in [2.45, 2.75) is 84.7 Å². The molecule has 4 fully saturated rings. The van der Waals surface area contributed by atoms with Crippen molar-refractivity contribution in [2.24, 2.45) is 34.0 Å². The molecule has 0 aromatic carbocycles. The van der Waals surface area contributed by atoms with Crippen molar-refractivity contribution in [1.82, 2.24) is 0 Å². The molecular formula is C22H34O4. The molecule has 0 heterocycles. The SMILES string of the molecule is CC(=O)OC[C@]1(O)C[C@@]23CC[C@@H]4C(C)(C)C(=O)CC[C@@]4(C)[C@@H]2CC[C@@H]1C3. The third-order valence-corrected chi connectivity index (χ3v) is 9.14. The van der Waals surface area contributed by atoms with Crippen LogP contribution in [0.5, 0.6) is 0 Å². The minimum atomic E-state index is -0.858. The maximum absolute atomic E-state index is 12.6. The Balaban J connectivity index is 1.64. The standard InChI is InChI=1S/C22H34O4/c1-14(23)26-13-22(25)12-21-10-7-16-19(2,3)18(24)8-9-20(16,4)17(21)6-5-15(22)11-21/h15-17,25H,5-13H2,1-4H3/t15-,16-,17+,20-,21+,22-/m1/s1. The Bertz CT molecular complexity index is 640. The van der Waals surface area contributed by atoms with Crippen LogP contribution in [0.4, 0.5) is 0 Å². The smallest absolute Gasteiger partial charge is 0.302 e. The zero-order valence-corrected chi connectivity index (χ0v) is 16.8. The summed E-state index contributed by atoms with van der Waals surface area (Å²) < 4.78 is 5.26. The van der Waals surface area contributed by atoms with E-state index in [0.717, 1.165) is 44.9 Å². The first-order chi connectivity index (χ1) is 12.0. The van der Waals surface area contributed by atoms with Crippen LogP contribution in [0.2, 0.25) is 0 Å². The van der Waals surface area contributed by atoms with Gasteiger partial charge in [-0.3, -0.25) is 9.59 Å². The van der Waals surface area contributed by atoms with Gasteiger partial charge in [-0.2, -0.15) is 0 Å². The molecule has 146 valence electrons. The van der Waals surface area contributed by atoms with E-state index in [4.69, 9.17) is 4.74 Å². The number of fused-ring (bicyclic) bond motifs is 3. The predicted octanol–water partition coefficient (Wildman–Crippen LogP) is 3.89. The minimum Gasteiger partial charge on any atom is -0.463 e. The molecule has 0 saturated heterocycles. The number of ketones is 1. The van der Waals surface area contributed by atoms with E-state index in [1.54, 1.807) is 0 Å². The first-order valence-electron chi connectivity index (χ1n) is 10.4. The van der Waals surface area contributed by atoms with Crippen LogP contribution >= 0.6 is 0 Å². The Morgan fingerprint density at radius 3 is 2.58 bits per heavy atom. The lowest BCUT2D eigenvalue weighted by atomic mass is 9.41. The first kappa shape index (κ1) is 18.5. The molecule has 0 amide bonds. The maximum Gasteiger partial charge on any atom is 0.302 e. The number of Topliss-reactive ketones (excluding diaryl/α,β-unsaturated/α-hetero) is 1. The summed E-state index contributed by atoms with van der Waals surface area (Å²) in [6.07, 6.45) is 7.87. The number of ether oxygens (including phenoxy) is 1. The van der Waals surface area contributed by atoms with E-state index in [1.807, 2.05) is 0 Å². The second-order valence-electron chi connectivity index (χ2n) is 10.7. The van der Waals surface area contributed by atoms with Crippen LogP contribution in [0.25, 0.3) is 0 Å². The number of carbonyl (C=O) groups is 2. The number of aliphatic hydroxyl groups is 1. The molecule has 1 spiro atoms. The van der Waals surface area contributed by atoms with E-state index in [2.05, 4.69) is 20.8 Å². The molecule has 4 saturated carbocycles. The first-order valence-corrected chi connectivity index (χ1v) is 10.4. The van der Waals surface area contributed by atoms with Crippen molar-refractivity contribution in [3.63, 3.8) is 0 Å². The van der Waals surface area contributed by atoms with E-state index in [0.29, 0.717) is 24.0 Å². The average Bonchev–Trinajstić information content (AvgIpc) is 2.76. The summed E-state index contributed by atoms with van der Waals surface area (Å²) in [6.45, 7) is 8.31. The van der Waals surface area contributed by atoms with Crippen LogP contribution in [-0.2, 0) is 14.3 Å². The lowest BCUT2D eigenvalue weighted by Gasteiger charge is -2.63. The third kappa shape index (κ3) is 2.36. The van der Waals surface area contributed by atoms with Crippen LogP contribution < -0.4 is 0 Å². The Morgan fingerprint density at radius 1 is 1.15 bits per heavy atom. The van der Waals surface area contributed by atoms with Gasteiger partial charge >= 0.3 is 5.97 Å². The molecule has 4 nitrogen and oxygen atoms in total. The largest absolute Gasteiger partial charge is 0.463 e. The van der Waals surface area contributed by atoms with Crippen molar-refractivity contribution < 1.29 is 19.4 Å². The zero-order chi connectivity index (χ0) is 19.0. The van der Waals surface area contributed by atoms with Gasteiger partial charge in [-0.15, -0.1) is 0 Å².